The predicted octanol–water partition coefficient (Wildman–Crippen LogP) is 2.02. The van der Waals surface area contributed by atoms with Crippen LogP contribution in [0.3, 0.4) is 0 Å². The first kappa shape index (κ1) is 9.27. The van der Waals surface area contributed by atoms with Crippen LogP contribution in [0.5, 0.6) is 0 Å². The van der Waals surface area contributed by atoms with E-state index in [1.54, 1.807) is 0 Å². The molecule has 0 aromatic carbocycles. The zero-order valence-electron chi connectivity index (χ0n) is 7.88. The van der Waals surface area contributed by atoms with Crippen molar-refractivity contribution in [3.8, 4) is 0 Å². The molecule has 1 saturated carbocycles. The average Bonchev–Trinajstić information content (AvgIpc) is 1.94. The van der Waals surface area contributed by atoms with Crippen molar-refractivity contribution in [1.82, 2.24) is 0 Å². The molecule has 0 aromatic rings. The molecule has 0 radical (unpaired) electrons. The molecule has 1 N–H and O–H groups in total. The summed E-state index contributed by atoms with van der Waals surface area (Å²) < 4.78 is 0. The molecule has 1 unspecified atom stereocenters. The SMILES string of the molecule is C[C@H]1CCCC([SiH](C)C)[C@H]1O. The molecule has 3 atom stereocenters. The monoisotopic (exact) mass is 172 g/mol. The molecular weight excluding hydrogens is 152 g/mol. The molecule has 0 aliphatic heterocycles. The van der Waals surface area contributed by atoms with Crippen LogP contribution in [0.1, 0.15) is 26.2 Å². The van der Waals surface area contributed by atoms with Gasteiger partial charge in [0.1, 0.15) is 0 Å². The maximum absolute atomic E-state index is 9.84. The Morgan fingerprint density at radius 1 is 1.27 bits per heavy atom. The predicted molar refractivity (Wildman–Crippen MR) is 51.6 cm³/mol. The zero-order chi connectivity index (χ0) is 8.43. The molecule has 0 saturated heterocycles. The summed E-state index contributed by atoms with van der Waals surface area (Å²) in [7, 11) is -0.598. The summed E-state index contributed by atoms with van der Waals surface area (Å²) in [6, 6.07) is 0. The van der Waals surface area contributed by atoms with Gasteiger partial charge in [-0.05, 0) is 17.9 Å². The molecular formula is C9H20OSi. The number of hydrogen-bond donors (Lipinski definition) is 1. The first-order chi connectivity index (χ1) is 5.13. The second-order valence-corrected chi connectivity index (χ2v) is 7.65. The summed E-state index contributed by atoms with van der Waals surface area (Å²) >= 11 is 0. The second kappa shape index (κ2) is 3.72. The second-order valence-electron chi connectivity index (χ2n) is 4.31. The Labute approximate surface area is 71.4 Å². The summed E-state index contributed by atoms with van der Waals surface area (Å²) in [5.74, 6) is 0.559. The Morgan fingerprint density at radius 3 is 2.36 bits per heavy atom. The van der Waals surface area contributed by atoms with Crippen LogP contribution in [-0.2, 0) is 0 Å². The maximum atomic E-state index is 9.84. The van der Waals surface area contributed by atoms with Crippen LogP contribution in [-0.4, -0.2) is 20.0 Å². The molecule has 0 aromatic heterocycles. The van der Waals surface area contributed by atoms with Crippen molar-refractivity contribution in [3.05, 3.63) is 0 Å². The molecule has 1 aliphatic rings. The van der Waals surface area contributed by atoms with Crippen LogP contribution in [0.15, 0.2) is 0 Å². The van der Waals surface area contributed by atoms with Gasteiger partial charge in [-0.3, -0.25) is 0 Å². The fraction of sp³-hybridized carbons (Fsp3) is 1.00. The van der Waals surface area contributed by atoms with Crippen molar-refractivity contribution in [2.75, 3.05) is 0 Å². The summed E-state index contributed by atoms with van der Waals surface area (Å²) in [4.78, 5) is 0. The van der Waals surface area contributed by atoms with E-state index in [9.17, 15) is 5.11 Å². The van der Waals surface area contributed by atoms with E-state index in [4.69, 9.17) is 0 Å². The summed E-state index contributed by atoms with van der Waals surface area (Å²) in [6.45, 7) is 6.89. The highest BCUT2D eigenvalue weighted by Crippen LogP contribution is 2.35. The molecule has 66 valence electrons. The lowest BCUT2D eigenvalue weighted by Crippen LogP contribution is -2.34. The van der Waals surface area contributed by atoms with Gasteiger partial charge in [0.15, 0.2) is 0 Å². The van der Waals surface area contributed by atoms with Crippen LogP contribution < -0.4 is 0 Å². The molecule has 0 spiro atoms. The highest BCUT2D eigenvalue weighted by molar-refractivity contribution is 6.57. The number of aliphatic hydroxyl groups excluding tert-OH is 1. The highest BCUT2D eigenvalue weighted by Gasteiger charge is 2.30. The minimum atomic E-state index is -0.598. The van der Waals surface area contributed by atoms with Gasteiger partial charge in [0.25, 0.3) is 0 Å². The molecule has 11 heavy (non-hydrogen) atoms. The van der Waals surface area contributed by atoms with Gasteiger partial charge in [-0.15, -0.1) is 0 Å². The van der Waals surface area contributed by atoms with E-state index in [0.29, 0.717) is 11.5 Å². The standard InChI is InChI=1S/C9H20OSi/c1-7-5-4-6-8(9(7)10)11(2)3/h7-11H,4-6H2,1-3H3/t7-,8?,9-/m0/s1. The quantitative estimate of drug-likeness (QED) is 0.600. The lowest BCUT2D eigenvalue weighted by atomic mass is 9.87. The van der Waals surface area contributed by atoms with Crippen LogP contribution in [0, 0.1) is 5.92 Å². The Balaban J connectivity index is 2.51. The molecule has 0 heterocycles. The molecule has 1 nitrogen and oxygen atoms in total. The van der Waals surface area contributed by atoms with Gasteiger partial charge in [0.05, 0.1) is 6.10 Å². The van der Waals surface area contributed by atoms with Gasteiger partial charge in [-0.2, -0.15) is 0 Å². The van der Waals surface area contributed by atoms with E-state index >= 15 is 0 Å². The van der Waals surface area contributed by atoms with Gasteiger partial charge in [0, 0.05) is 8.80 Å². The Bertz CT molecular complexity index is 125. The number of rotatable bonds is 1. The summed E-state index contributed by atoms with van der Waals surface area (Å²) in [5.41, 5.74) is 0.693. The summed E-state index contributed by atoms with van der Waals surface area (Å²) in [5, 5.41) is 9.84. The smallest absolute Gasteiger partial charge is 0.0567 e. The van der Waals surface area contributed by atoms with Crippen LogP contribution in [0.2, 0.25) is 18.6 Å². The van der Waals surface area contributed by atoms with Crippen LogP contribution in [0.25, 0.3) is 0 Å². The molecule has 0 amide bonds. The van der Waals surface area contributed by atoms with Crippen molar-refractivity contribution in [2.24, 2.45) is 5.92 Å². The lowest BCUT2D eigenvalue weighted by molar-refractivity contribution is 0.0783. The number of hydrogen-bond acceptors (Lipinski definition) is 1. The third kappa shape index (κ3) is 2.06. The average molecular weight is 172 g/mol. The molecule has 2 heteroatoms. The maximum Gasteiger partial charge on any atom is 0.0567 e. The summed E-state index contributed by atoms with van der Waals surface area (Å²) in [6.07, 6.45) is 3.89. The Morgan fingerprint density at radius 2 is 1.91 bits per heavy atom. The van der Waals surface area contributed by atoms with Crippen molar-refractivity contribution < 1.29 is 5.11 Å². The first-order valence-electron chi connectivity index (χ1n) is 4.81. The minimum Gasteiger partial charge on any atom is -0.393 e. The Kier molecular flexibility index (Phi) is 3.13. The molecule has 0 bridgehead atoms. The molecule has 1 aliphatic carbocycles. The third-order valence-corrected chi connectivity index (χ3v) is 5.52. The topological polar surface area (TPSA) is 20.2 Å². The number of aliphatic hydroxyl groups is 1. The fourth-order valence-electron chi connectivity index (χ4n) is 2.17. The normalized spacial score (nSPS) is 39.5. The van der Waals surface area contributed by atoms with Gasteiger partial charge in [-0.25, -0.2) is 0 Å². The van der Waals surface area contributed by atoms with Gasteiger partial charge < -0.3 is 5.11 Å². The van der Waals surface area contributed by atoms with Crippen molar-refractivity contribution >= 4 is 8.80 Å². The van der Waals surface area contributed by atoms with E-state index in [-0.39, 0.29) is 6.10 Å². The van der Waals surface area contributed by atoms with E-state index in [0.717, 1.165) is 0 Å². The van der Waals surface area contributed by atoms with E-state index in [1.165, 1.54) is 19.3 Å². The van der Waals surface area contributed by atoms with E-state index < -0.39 is 8.80 Å². The molecule has 1 fully saturated rings. The molecule has 1 rings (SSSR count). The van der Waals surface area contributed by atoms with Crippen LogP contribution >= 0.6 is 0 Å². The third-order valence-electron chi connectivity index (χ3n) is 3.07. The van der Waals surface area contributed by atoms with Gasteiger partial charge in [0.2, 0.25) is 0 Å². The van der Waals surface area contributed by atoms with Crippen molar-refractivity contribution in [2.45, 2.75) is 50.9 Å². The Hall–Kier alpha value is 0.177. The minimum absolute atomic E-state index is 0.0235. The van der Waals surface area contributed by atoms with Gasteiger partial charge in [-0.1, -0.05) is 32.9 Å². The van der Waals surface area contributed by atoms with E-state index in [2.05, 4.69) is 20.0 Å². The highest BCUT2D eigenvalue weighted by atomic mass is 28.3. The largest absolute Gasteiger partial charge is 0.393 e. The fourth-order valence-corrected chi connectivity index (χ4v) is 4.24. The zero-order valence-corrected chi connectivity index (χ0v) is 9.03. The van der Waals surface area contributed by atoms with Crippen LogP contribution in [0.4, 0.5) is 0 Å². The lowest BCUT2D eigenvalue weighted by Gasteiger charge is -2.34. The van der Waals surface area contributed by atoms with E-state index in [1.807, 2.05) is 0 Å². The van der Waals surface area contributed by atoms with Crippen molar-refractivity contribution in [3.63, 3.8) is 0 Å². The first-order valence-corrected chi connectivity index (χ1v) is 7.78. The van der Waals surface area contributed by atoms with Gasteiger partial charge >= 0.3 is 0 Å². The van der Waals surface area contributed by atoms with Crippen molar-refractivity contribution in [1.29, 1.82) is 0 Å².